The summed E-state index contributed by atoms with van der Waals surface area (Å²) in [5.74, 6) is 0.277. The summed E-state index contributed by atoms with van der Waals surface area (Å²) in [6.07, 6.45) is 5.86. The van der Waals surface area contributed by atoms with Crippen LogP contribution in [0.15, 0.2) is 48.8 Å². The maximum absolute atomic E-state index is 12.7. The van der Waals surface area contributed by atoms with Crippen LogP contribution in [-0.2, 0) is 0 Å². The van der Waals surface area contributed by atoms with Gasteiger partial charge >= 0.3 is 0 Å². The molecule has 0 bridgehead atoms. The molecule has 0 aliphatic carbocycles. The number of para-hydroxylation sites is 1. The summed E-state index contributed by atoms with van der Waals surface area (Å²) in [4.78, 5) is 17.1. The van der Waals surface area contributed by atoms with Crippen LogP contribution < -0.4 is 10.6 Å². The van der Waals surface area contributed by atoms with Gasteiger partial charge in [-0.15, -0.1) is 0 Å². The SMILES string of the molecule is C[C@H]1CC(c2ccc3ncc(C(=O)Nc4ccccc4Cl)n3c2)CCN1. The second-order valence-corrected chi connectivity index (χ2v) is 7.25. The van der Waals surface area contributed by atoms with Crippen LogP contribution in [-0.4, -0.2) is 27.9 Å². The molecule has 1 aliphatic heterocycles. The van der Waals surface area contributed by atoms with Gasteiger partial charge in [-0.1, -0.05) is 29.8 Å². The summed E-state index contributed by atoms with van der Waals surface area (Å²) in [5, 5.41) is 6.86. The van der Waals surface area contributed by atoms with Gasteiger partial charge < -0.3 is 10.6 Å². The highest BCUT2D eigenvalue weighted by atomic mass is 35.5. The first-order valence-electron chi connectivity index (χ1n) is 8.88. The molecule has 0 saturated carbocycles. The normalized spacial score (nSPS) is 20.2. The molecule has 4 rings (SSSR count). The van der Waals surface area contributed by atoms with Gasteiger partial charge in [0.25, 0.3) is 5.91 Å². The van der Waals surface area contributed by atoms with E-state index in [1.165, 1.54) is 5.56 Å². The number of carbonyl (C=O) groups is 1. The predicted molar refractivity (Wildman–Crippen MR) is 104 cm³/mol. The second kappa shape index (κ2) is 7.09. The highest BCUT2D eigenvalue weighted by Gasteiger charge is 2.21. The number of nitrogens with zero attached hydrogens (tertiary/aromatic N) is 2. The third-order valence-corrected chi connectivity index (χ3v) is 5.31. The van der Waals surface area contributed by atoms with Crippen molar-refractivity contribution in [3.63, 3.8) is 0 Å². The molecule has 2 aromatic heterocycles. The van der Waals surface area contributed by atoms with Crippen molar-refractivity contribution >= 4 is 28.8 Å². The lowest BCUT2D eigenvalue weighted by molar-refractivity contribution is 0.102. The Hall–Kier alpha value is -2.37. The number of benzene rings is 1. The zero-order valence-electron chi connectivity index (χ0n) is 14.6. The Morgan fingerprint density at radius 3 is 2.96 bits per heavy atom. The molecule has 3 heterocycles. The molecule has 1 amide bonds. The fourth-order valence-corrected chi connectivity index (χ4v) is 3.77. The van der Waals surface area contributed by atoms with Crippen LogP contribution in [0.3, 0.4) is 0 Å². The number of aromatic nitrogens is 2. The number of anilines is 1. The van der Waals surface area contributed by atoms with E-state index < -0.39 is 0 Å². The van der Waals surface area contributed by atoms with Crippen LogP contribution in [0.2, 0.25) is 5.02 Å². The first kappa shape index (κ1) is 17.1. The fraction of sp³-hybridized carbons (Fsp3) is 0.300. The molecule has 1 unspecified atom stereocenters. The van der Waals surface area contributed by atoms with E-state index in [9.17, 15) is 4.79 Å². The molecular weight excluding hydrogens is 348 g/mol. The number of rotatable bonds is 3. The smallest absolute Gasteiger partial charge is 0.274 e. The molecule has 6 heteroatoms. The van der Waals surface area contributed by atoms with Crippen molar-refractivity contribution in [3.05, 3.63) is 65.1 Å². The molecule has 1 saturated heterocycles. The lowest BCUT2D eigenvalue weighted by Crippen LogP contribution is -2.34. The Morgan fingerprint density at radius 1 is 1.31 bits per heavy atom. The molecule has 5 nitrogen and oxygen atoms in total. The molecular formula is C20H21ClN4O. The lowest BCUT2D eigenvalue weighted by atomic mass is 9.88. The Balaban J connectivity index is 1.64. The van der Waals surface area contributed by atoms with Crippen molar-refractivity contribution in [2.45, 2.75) is 31.7 Å². The van der Waals surface area contributed by atoms with Gasteiger partial charge in [0, 0.05) is 12.2 Å². The van der Waals surface area contributed by atoms with Crippen molar-refractivity contribution in [2.75, 3.05) is 11.9 Å². The predicted octanol–water partition coefficient (Wildman–Crippen LogP) is 4.10. The lowest BCUT2D eigenvalue weighted by Gasteiger charge is -2.28. The number of hydrogen-bond acceptors (Lipinski definition) is 3. The van der Waals surface area contributed by atoms with Crippen molar-refractivity contribution < 1.29 is 4.79 Å². The fourth-order valence-electron chi connectivity index (χ4n) is 3.59. The second-order valence-electron chi connectivity index (χ2n) is 6.84. The first-order valence-corrected chi connectivity index (χ1v) is 9.26. The number of amides is 1. The topological polar surface area (TPSA) is 58.4 Å². The average Bonchev–Trinajstić information content (AvgIpc) is 3.07. The summed E-state index contributed by atoms with van der Waals surface area (Å²) in [6.45, 7) is 3.23. The number of hydrogen-bond donors (Lipinski definition) is 2. The molecule has 134 valence electrons. The minimum atomic E-state index is -0.221. The van der Waals surface area contributed by atoms with E-state index in [1.54, 1.807) is 18.3 Å². The summed E-state index contributed by atoms with van der Waals surface area (Å²) < 4.78 is 1.87. The molecule has 1 aromatic carbocycles. The minimum Gasteiger partial charge on any atom is -0.319 e. The van der Waals surface area contributed by atoms with E-state index in [-0.39, 0.29) is 5.91 Å². The molecule has 0 radical (unpaired) electrons. The van der Waals surface area contributed by atoms with Crippen LogP contribution in [0.5, 0.6) is 0 Å². The van der Waals surface area contributed by atoms with Crippen LogP contribution in [0.25, 0.3) is 5.65 Å². The maximum Gasteiger partial charge on any atom is 0.274 e. The molecule has 3 aromatic rings. The van der Waals surface area contributed by atoms with E-state index in [1.807, 2.05) is 28.8 Å². The van der Waals surface area contributed by atoms with Crippen LogP contribution in [0, 0.1) is 0 Å². The Morgan fingerprint density at radius 2 is 2.15 bits per heavy atom. The number of imidazole rings is 1. The highest BCUT2D eigenvalue weighted by molar-refractivity contribution is 6.33. The molecule has 2 atom stereocenters. The highest BCUT2D eigenvalue weighted by Crippen LogP contribution is 2.28. The van der Waals surface area contributed by atoms with Gasteiger partial charge in [-0.05, 0) is 56.0 Å². The monoisotopic (exact) mass is 368 g/mol. The Bertz CT molecular complexity index is 952. The number of piperidine rings is 1. The quantitative estimate of drug-likeness (QED) is 0.731. The van der Waals surface area contributed by atoms with Crippen LogP contribution in [0.4, 0.5) is 5.69 Å². The average molecular weight is 369 g/mol. The maximum atomic E-state index is 12.7. The molecule has 2 N–H and O–H groups in total. The van der Waals surface area contributed by atoms with E-state index in [2.05, 4.69) is 28.6 Å². The van der Waals surface area contributed by atoms with Crippen molar-refractivity contribution in [1.82, 2.24) is 14.7 Å². The number of fused-ring (bicyclic) bond motifs is 1. The van der Waals surface area contributed by atoms with E-state index in [0.717, 1.165) is 25.0 Å². The zero-order valence-corrected chi connectivity index (χ0v) is 15.3. The van der Waals surface area contributed by atoms with Gasteiger partial charge in [0.15, 0.2) is 0 Å². The third kappa shape index (κ3) is 3.32. The molecule has 1 aliphatic rings. The van der Waals surface area contributed by atoms with Gasteiger partial charge in [-0.2, -0.15) is 0 Å². The summed E-state index contributed by atoms with van der Waals surface area (Å²) in [5.41, 5.74) is 3.11. The van der Waals surface area contributed by atoms with Crippen LogP contribution >= 0.6 is 11.6 Å². The van der Waals surface area contributed by atoms with Gasteiger partial charge in [-0.3, -0.25) is 9.20 Å². The summed E-state index contributed by atoms with van der Waals surface area (Å²) in [7, 11) is 0. The summed E-state index contributed by atoms with van der Waals surface area (Å²) in [6, 6.07) is 11.8. The third-order valence-electron chi connectivity index (χ3n) is 4.98. The molecule has 26 heavy (non-hydrogen) atoms. The Kier molecular flexibility index (Phi) is 4.66. The van der Waals surface area contributed by atoms with E-state index in [0.29, 0.717) is 28.4 Å². The van der Waals surface area contributed by atoms with Gasteiger partial charge in [0.2, 0.25) is 0 Å². The number of carbonyl (C=O) groups excluding carboxylic acids is 1. The van der Waals surface area contributed by atoms with Crippen molar-refractivity contribution in [3.8, 4) is 0 Å². The largest absolute Gasteiger partial charge is 0.319 e. The van der Waals surface area contributed by atoms with Crippen molar-refractivity contribution in [1.29, 1.82) is 0 Å². The van der Waals surface area contributed by atoms with Crippen LogP contribution in [0.1, 0.15) is 41.7 Å². The Labute approximate surface area is 157 Å². The van der Waals surface area contributed by atoms with Gasteiger partial charge in [0.05, 0.1) is 16.9 Å². The molecule has 1 fully saturated rings. The number of halogens is 1. The molecule has 0 spiro atoms. The first-order chi connectivity index (χ1) is 12.6. The van der Waals surface area contributed by atoms with E-state index in [4.69, 9.17) is 11.6 Å². The number of pyridine rings is 1. The standard InChI is InChI=1S/C20H21ClN4O/c1-13-10-14(8-9-22-13)15-6-7-19-23-11-18(25(19)12-15)20(26)24-17-5-3-2-4-16(17)21/h2-7,11-14,22H,8-10H2,1H3,(H,24,26)/t13-,14?/m0/s1. The van der Waals surface area contributed by atoms with Gasteiger partial charge in [0.1, 0.15) is 11.3 Å². The zero-order chi connectivity index (χ0) is 18.1. The van der Waals surface area contributed by atoms with Crippen molar-refractivity contribution in [2.24, 2.45) is 0 Å². The van der Waals surface area contributed by atoms with E-state index >= 15 is 0 Å². The minimum absolute atomic E-state index is 0.221. The van der Waals surface area contributed by atoms with Gasteiger partial charge in [-0.25, -0.2) is 4.98 Å². The number of nitrogens with one attached hydrogen (secondary N) is 2. The summed E-state index contributed by atoms with van der Waals surface area (Å²) >= 11 is 6.15.